The first-order valence-electron chi connectivity index (χ1n) is 8.41. The molecule has 0 bridgehead atoms. The largest absolute Gasteiger partial charge is 0.365 e. The molecule has 0 aromatic carbocycles. The van der Waals surface area contributed by atoms with Crippen LogP contribution in [0.15, 0.2) is 23.9 Å². The van der Waals surface area contributed by atoms with Crippen molar-refractivity contribution in [1.82, 2.24) is 19.9 Å². The van der Waals surface area contributed by atoms with Crippen LogP contribution >= 0.6 is 11.3 Å². The number of nitrogens with zero attached hydrogens (tertiary/aromatic N) is 5. The van der Waals surface area contributed by atoms with Gasteiger partial charge in [-0.25, -0.2) is 15.0 Å². The van der Waals surface area contributed by atoms with Crippen molar-refractivity contribution in [3.63, 3.8) is 0 Å². The van der Waals surface area contributed by atoms with Crippen molar-refractivity contribution in [2.75, 3.05) is 43.4 Å². The van der Waals surface area contributed by atoms with E-state index in [1.807, 2.05) is 17.3 Å². The Balaban J connectivity index is 1.53. The van der Waals surface area contributed by atoms with Crippen LogP contribution in [0, 0.1) is 0 Å². The number of thiazole rings is 1. The van der Waals surface area contributed by atoms with Crippen molar-refractivity contribution in [3.8, 4) is 0 Å². The number of carbonyl (C=O) groups is 1. The first-order chi connectivity index (χ1) is 12.3. The average Bonchev–Trinajstić information content (AvgIpc) is 3.29. The van der Waals surface area contributed by atoms with Crippen molar-refractivity contribution in [2.45, 2.75) is 12.8 Å². The highest BCUT2D eigenvalue weighted by atomic mass is 32.1. The van der Waals surface area contributed by atoms with Crippen LogP contribution in [0.25, 0.3) is 0 Å². The van der Waals surface area contributed by atoms with Crippen molar-refractivity contribution in [1.29, 1.82) is 0 Å². The Morgan fingerprint density at radius 2 is 2.00 bits per heavy atom. The maximum Gasteiger partial charge on any atom is 0.273 e. The Morgan fingerprint density at radius 3 is 2.76 bits per heavy atom. The average molecular weight is 356 g/mol. The van der Waals surface area contributed by atoms with E-state index >= 15 is 0 Å². The van der Waals surface area contributed by atoms with Crippen molar-refractivity contribution in [3.05, 3.63) is 40.8 Å². The van der Waals surface area contributed by atoms with Crippen LogP contribution in [-0.2, 0) is 12.8 Å². The lowest BCUT2D eigenvalue weighted by molar-refractivity contribution is 0.0758. The molecule has 1 amide bonds. The van der Waals surface area contributed by atoms with Gasteiger partial charge in [0.25, 0.3) is 5.91 Å². The molecule has 0 saturated heterocycles. The minimum absolute atomic E-state index is 0.0112. The predicted molar refractivity (Wildman–Crippen MR) is 98.4 cm³/mol. The minimum Gasteiger partial charge on any atom is -0.365 e. The topological polar surface area (TPSA) is 74.2 Å². The van der Waals surface area contributed by atoms with E-state index < -0.39 is 0 Å². The molecule has 2 aromatic rings. The zero-order valence-corrected chi connectivity index (χ0v) is 14.9. The fourth-order valence-corrected chi connectivity index (χ4v) is 3.93. The zero-order chi connectivity index (χ0) is 17.2. The van der Waals surface area contributed by atoms with E-state index in [4.69, 9.17) is 0 Å². The Hall–Kier alpha value is -2.48. The van der Waals surface area contributed by atoms with Gasteiger partial charge >= 0.3 is 0 Å². The first-order valence-corrected chi connectivity index (χ1v) is 9.29. The number of rotatable bonds is 3. The normalized spacial score (nSPS) is 16.7. The summed E-state index contributed by atoms with van der Waals surface area (Å²) in [4.78, 5) is 30.2. The molecule has 0 spiro atoms. The molecule has 4 rings (SSSR count). The molecule has 130 valence electrons. The third kappa shape index (κ3) is 3.09. The summed E-state index contributed by atoms with van der Waals surface area (Å²) in [6.07, 6.45) is 7.48. The highest BCUT2D eigenvalue weighted by Gasteiger charge is 2.25. The van der Waals surface area contributed by atoms with E-state index in [-0.39, 0.29) is 5.91 Å². The molecule has 4 heterocycles. The number of hydrogen-bond donors (Lipinski definition) is 1. The third-order valence-corrected chi connectivity index (χ3v) is 5.46. The van der Waals surface area contributed by atoms with E-state index in [0.29, 0.717) is 18.8 Å². The highest BCUT2D eigenvalue weighted by Crippen LogP contribution is 2.25. The number of aromatic nitrogens is 3. The van der Waals surface area contributed by atoms with Gasteiger partial charge in [0.1, 0.15) is 17.8 Å². The molecule has 0 saturated carbocycles. The van der Waals surface area contributed by atoms with Crippen LogP contribution in [0.4, 0.5) is 10.9 Å². The molecular formula is C17H20N6OS. The van der Waals surface area contributed by atoms with Gasteiger partial charge in [-0.3, -0.25) is 4.79 Å². The Morgan fingerprint density at radius 1 is 1.20 bits per heavy atom. The van der Waals surface area contributed by atoms with Gasteiger partial charge < -0.3 is 15.1 Å². The lowest BCUT2D eigenvalue weighted by atomic mass is 10.1. The van der Waals surface area contributed by atoms with Crippen LogP contribution in [-0.4, -0.2) is 59.0 Å². The van der Waals surface area contributed by atoms with E-state index in [1.54, 1.807) is 6.33 Å². The smallest absolute Gasteiger partial charge is 0.273 e. The Kier molecular flexibility index (Phi) is 4.35. The summed E-state index contributed by atoms with van der Waals surface area (Å²) in [5.41, 5.74) is 2.74. The molecule has 0 fully saturated rings. The number of fused-ring (bicyclic) bond motifs is 1. The quantitative estimate of drug-likeness (QED) is 0.842. The molecule has 2 aliphatic rings. The lowest BCUT2D eigenvalue weighted by Crippen LogP contribution is -2.33. The SMILES string of the molecule is CNc1nc(C(=O)N2CCc3ncnc(N4CC=CC4)c3CC2)cs1. The molecule has 2 aliphatic heterocycles. The van der Waals surface area contributed by atoms with E-state index in [2.05, 4.69) is 37.3 Å². The van der Waals surface area contributed by atoms with Gasteiger partial charge in [0.05, 0.1) is 5.69 Å². The number of amides is 1. The van der Waals surface area contributed by atoms with Crippen molar-refractivity contribution < 1.29 is 4.79 Å². The second kappa shape index (κ2) is 6.79. The van der Waals surface area contributed by atoms with Gasteiger partial charge in [0.2, 0.25) is 0 Å². The number of nitrogens with one attached hydrogen (secondary N) is 1. The minimum atomic E-state index is -0.0112. The van der Waals surface area contributed by atoms with Crippen LogP contribution in [0.2, 0.25) is 0 Å². The van der Waals surface area contributed by atoms with Gasteiger partial charge in [0, 0.05) is 50.6 Å². The van der Waals surface area contributed by atoms with Crippen molar-refractivity contribution in [2.24, 2.45) is 0 Å². The molecule has 7 nitrogen and oxygen atoms in total. The van der Waals surface area contributed by atoms with Gasteiger partial charge in [-0.05, 0) is 6.42 Å². The first kappa shape index (κ1) is 16.0. The molecule has 2 aromatic heterocycles. The van der Waals surface area contributed by atoms with Crippen LogP contribution < -0.4 is 10.2 Å². The maximum absolute atomic E-state index is 12.8. The number of carbonyl (C=O) groups excluding carboxylic acids is 1. The van der Waals surface area contributed by atoms with Gasteiger partial charge in [-0.2, -0.15) is 0 Å². The molecule has 0 aliphatic carbocycles. The summed E-state index contributed by atoms with van der Waals surface area (Å²) in [5, 5.41) is 5.55. The second-order valence-electron chi connectivity index (χ2n) is 6.08. The molecule has 0 unspecified atom stereocenters. The summed E-state index contributed by atoms with van der Waals surface area (Å²) < 4.78 is 0. The molecular weight excluding hydrogens is 336 g/mol. The van der Waals surface area contributed by atoms with Crippen LogP contribution in [0.3, 0.4) is 0 Å². The third-order valence-electron chi connectivity index (χ3n) is 4.60. The van der Waals surface area contributed by atoms with Crippen molar-refractivity contribution >= 4 is 28.2 Å². The highest BCUT2D eigenvalue weighted by molar-refractivity contribution is 7.13. The van der Waals surface area contributed by atoms with E-state index in [1.165, 1.54) is 16.9 Å². The standard InChI is InChI=1S/C17H20N6OS/c1-18-17-21-14(10-25-17)16(24)23-8-4-12-13(5-9-23)19-11-20-15(12)22-6-2-3-7-22/h2-3,10-11H,4-9H2,1H3,(H,18,21). The van der Waals surface area contributed by atoms with E-state index in [0.717, 1.165) is 42.6 Å². The fraction of sp³-hybridized carbons (Fsp3) is 0.412. The monoisotopic (exact) mass is 356 g/mol. The second-order valence-corrected chi connectivity index (χ2v) is 6.94. The molecule has 25 heavy (non-hydrogen) atoms. The molecule has 0 atom stereocenters. The number of anilines is 2. The Bertz CT molecular complexity index is 809. The predicted octanol–water partition coefficient (Wildman–Crippen LogP) is 1.59. The van der Waals surface area contributed by atoms with Gasteiger partial charge in [-0.15, -0.1) is 11.3 Å². The lowest BCUT2D eigenvalue weighted by Gasteiger charge is -2.21. The van der Waals surface area contributed by atoms with E-state index in [9.17, 15) is 4.79 Å². The fourth-order valence-electron chi connectivity index (χ4n) is 3.28. The van der Waals surface area contributed by atoms with Crippen LogP contribution in [0.5, 0.6) is 0 Å². The summed E-state index contributed by atoms with van der Waals surface area (Å²) in [7, 11) is 1.81. The summed E-state index contributed by atoms with van der Waals surface area (Å²) in [5.74, 6) is 0.998. The Labute approximate surface area is 150 Å². The molecule has 8 heteroatoms. The van der Waals surface area contributed by atoms with Gasteiger partial charge in [0.15, 0.2) is 5.13 Å². The molecule has 0 radical (unpaired) electrons. The molecule has 1 N–H and O–H groups in total. The summed E-state index contributed by atoms with van der Waals surface area (Å²) >= 11 is 1.45. The zero-order valence-electron chi connectivity index (χ0n) is 14.1. The van der Waals surface area contributed by atoms with Crippen LogP contribution in [0.1, 0.15) is 21.7 Å². The maximum atomic E-state index is 12.8. The summed E-state index contributed by atoms with van der Waals surface area (Å²) in [6, 6.07) is 0. The van der Waals surface area contributed by atoms with Gasteiger partial charge in [-0.1, -0.05) is 12.2 Å². The number of hydrogen-bond acceptors (Lipinski definition) is 7. The summed E-state index contributed by atoms with van der Waals surface area (Å²) in [6.45, 7) is 3.10.